The normalized spacial score (nSPS) is 11.2. The van der Waals surface area contributed by atoms with Crippen molar-refractivity contribution in [1.29, 1.82) is 0 Å². The quantitative estimate of drug-likeness (QED) is 0.643. The predicted molar refractivity (Wildman–Crippen MR) is 114 cm³/mol. The molecule has 144 valence electrons. The first-order valence-corrected chi connectivity index (χ1v) is 9.32. The van der Waals surface area contributed by atoms with Crippen molar-refractivity contribution in [2.24, 2.45) is 0 Å². The molecule has 5 nitrogen and oxygen atoms in total. The van der Waals surface area contributed by atoms with E-state index in [1.807, 2.05) is 62.4 Å². The molecule has 0 atom stereocenters. The van der Waals surface area contributed by atoms with Gasteiger partial charge in [-0.3, -0.25) is 4.79 Å². The van der Waals surface area contributed by atoms with Crippen LogP contribution in [0.2, 0.25) is 0 Å². The van der Waals surface area contributed by atoms with Crippen molar-refractivity contribution in [2.45, 2.75) is 40.0 Å². The Morgan fingerprint density at radius 3 is 2.29 bits per heavy atom. The first-order valence-electron chi connectivity index (χ1n) is 9.32. The van der Waals surface area contributed by atoms with Gasteiger partial charge in [-0.2, -0.15) is 0 Å². The Labute approximate surface area is 166 Å². The molecule has 3 aromatic rings. The number of para-hydroxylation sites is 1. The Bertz CT molecular complexity index is 988. The van der Waals surface area contributed by atoms with Crippen molar-refractivity contribution < 1.29 is 4.79 Å². The van der Waals surface area contributed by atoms with E-state index in [2.05, 4.69) is 41.4 Å². The van der Waals surface area contributed by atoms with Gasteiger partial charge in [0.1, 0.15) is 5.69 Å². The van der Waals surface area contributed by atoms with Crippen LogP contribution in [0.1, 0.15) is 48.1 Å². The molecule has 28 heavy (non-hydrogen) atoms. The maximum Gasteiger partial charge on any atom is 0.274 e. The molecular weight excluding hydrogens is 348 g/mol. The Hall–Kier alpha value is -3.21. The molecule has 0 spiro atoms. The zero-order chi connectivity index (χ0) is 20.3. The molecule has 5 heteroatoms. The molecule has 0 unspecified atom stereocenters. The monoisotopic (exact) mass is 374 g/mol. The number of benzene rings is 2. The van der Waals surface area contributed by atoms with Gasteiger partial charge in [-0.15, -0.1) is 0 Å². The summed E-state index contributed by atoms with van der Waals surface area (Å²) in [4.78, 5) is 21.7. The molecule has 0 radical (unpaired) electrons. The Balaban J connectivity index is 1.85. The minimum Gasteiger partial charge on any atom is -0.324 e. The van der Waals surface area contributed by atoms with E-state index < -0.39 is 0 Å². The van der Waals surface area contributed by atoms with Crippen LogP contribution >= 0.6 is 0 Å². The Morgan fingerprint density at radius 1 is 0.929 bits per heavy atom. The lowest BCUT2D eigenvalue weighted by atomic mass is 9.86. The first kappa shape index (κ1) is 19.5. The largest absolute Gasteiger partial charge is 0.324 e. The van der Waals surface area contributed by atoms with Crippen molar-refractivity contribution in [2.75, 3.05) is 10.6 Å². The summed E-state index contributed by atoms with van der Waals surface area (Å²) in [5, 5.41) is 6.17. The molecule has 3 rings (SSSR count). The van der Waals surface area contributed by atoms with E-state index in [0.29, 0.717) is 11.6 Å². The predicted octanol–water partition coefficient (Wildman–Crippen LogP) is 5.39. The fourth-order valence-corrected chi connectivity index (χ4v) is 2.94. The molecule has 0 fully saturated rings. The minimum absolute atomic E-state index is 0.0797. The van der Waals surface area contributed by atoms with E-state index in [-0.39, 0.29) is 11.3 Å². The second kappa shape index (κ2) is 7.80. The summed E-state index contributed by atoms with van der Waals surface area (Å²) < 4.78 is 0. The van der Waals surface area contributed by atoms with Crippen LogP contribution in [-0.2, 0) is 5.41 Å². The van der Waals surface area contributed by atoms with Crippen LogP contribution in [0.3, 0.4) is 0 Å². The van der Waals surface area contributed by atoms with Crippen molar-refractivity contribution in [1.82, 2.24) is 9.97 Å². The molecule has 2 aromatic carbocycles. The molecule has 0 aliphatic carbocycles. The number of amides is 1. The number of aryl methyl sites for hydroxylation is 2. The van der Waals surface area contributed by atoms with Gasteiger partial charge in [0, 0.05) is 17.1 Å². The maximum absolute atomic E-state index is 12.9. The maximum atomic E-state index is 12.9. The van der Waals surface area contributed by atoms with Crippen LogP contribution in [0.4, 0.5) is 17.3 Å². The van der Waals surface area contributed by atoms with E-state index in [9.17, 15) is 4.79 Å². The molecule has 0 aliphatic heterocycles. The van der Waals surface area contributed by atoms with Crippen LogP contribution in [0, 0.1) is 13.8 Å². The van der Waals surface area contributed by atoms with Gasteiger partial charge in [-0.1, -0.05) is 56.7 Å². The van der Waals surface area contributed by atoms with Crippen molar-refractivity contribution in [3.63, 3.8) is 0 Å². The van der Waals surface area contributed by atoms with Crippen molar-refractivity contribution in [3.05, 3.63) is 77.1 Å². The van der Waals surface area contributed by atoms with Gasteiger partial charge in [0.25, 0.3) is 5.91 Å². The number of aromatic nitrogens is 2. The molecule has 2 N–H and O–H groups in total. The molecule has 1 heterocycles. The second-order valence-electron chi connectivity index (χ2n) is 7.96. The Kier molecular flexibility index (Phi) is 5.45. The third-order valence-electron chi connectivity index (χ3n) is 4.38. The molecule has 1 aromatic heterocycles. The summed E-state index contributed by atoms with van der Waals surface area (Å²) in [5.74, 6) is 0.146. The van der Waals surface area contributed by atoms with Crippen LogP contribution in [-0.4, -0.2) is 15.9 Å². The third kappa shape index (κ3) is 4.74. The number of hydrogen-bond acceptors (Lipinski definition) is 4. The van der Waals surface area contributed by atoms with Gasteiger partial charge >= 0.3 is 0 Å². The summed E-state index contributed by atoms with van der Waals surface area (Å²) in [7, 11) is 0. The number of carbonyl (C=O) groups excluding carboxylic acids is 1. The first-order chi connectivity index (χ1) is 13.2. The van der Waals surface area contributed by atoms with E-state index in [1.54, 1.807) is 6.07 Å². The number of rotatable bonds is 4. The van der Waals surface area contributed by atoms with Gasteiger partial charge < -0.3 is 10.6 Å². The summed E-state index contributed by atoms with van der Waals surface area (Å²) in [5.41, 5.74) is 4.89. The molecule has 0 aliphatic rings. The highest BCUT2D eigenvalue weighted by atomic mass is 16.1. The second-order valence-corrected chi connectivity index (χ2v) is 7.96. The number of nitrogens with one attached hydrogen (secondary N) is 2. The standard InChI is InChI=1S/C23H26N4O/c1-15-10-12-17(13-11-15)25-22-24-16(2)14-20(27-22)21(28)26-19-9-7-6-8-18(19)23(3,4)5/h6-14H,1-5H3,(H,26,28)(H,24,25,27). The summed E-state index contributed by atoms with van der Waals surface area (Å²) in [6.45, 7) is 10.2. The summed E-state index contributed by atoms with van der Waals surface area (Å²) >= 11 is 0. The number of hydrogen-bond donors (Lipinski definition) is 2. The lowest BCUT2D eigenvalue weighted by Crippen LogP contribution is -2.20. The smallest absolute Gasteiger partial charge is 0.274 e. The van der Waals surface area contributed by atoms with Crippen LogP contribution in [0.15, 0.2) is 54.6 Å². The fourth-order valence-electron chi connectivity index (χ4n) is 2.94. The summed E-state index contributed by atoms with van der Waals surface area (Å²) in [6.07, 6.45) is 0. The summed E-state index contributed by atoms with van der Waals surface area (Å²) in [6, 6.07) is 17.5. The van der Waals surface area contributed by atoms with Gasteiger partial charge in [0.15, 0.2) is 0 Å². The third-order valence-corrected chi connectivity index (χ3v) is 4.38. The van der Waals surface area contributed by atoms with E-state index in [0.717, 1.165) is 22.6 Å². The van der Waals surface area contributed by atoms with E-state index in [4.69, 9.17) is 0 Å². The molecular formula is C23H26N4O. The van der Waals surface area contributed by atoms with E-state index in [1.165, 1.54) is 5.56 Å². The lowest BCUT2D eigenvalue weighted by molar-refractivity contribution is 0.102. The topological polar surface area (TPSA) is 66.9 Å². The lowest BCUT2D eigenvalue weighted by Gasteiger charge is -2.23. The number of carbonyl (C=O) groups is 1. The zero-order valence-corrected chi connectivity index (χ0v) is 17.0. The van der Waals surface area contributed by atoms with Crippen molar-refractivity contribution in [3.8, 4) is 0 Å². The van der Waals surface area contributed by atoms with E-state index >= 15 is 0 Å². The minimum atomic E-state index is -0.255. The Morgan fingerprint density at radius 2 is 1.61 bits per heavy atom. The SMILES string of the molecule is Cc1ccc(Nc2nc(C)cc(C(=O)Nc3ccccc3C(C)(C)C)n2)cc1. The van der Waals surface area contributed by atoms with Gasteiger partial charge in [0.05, 0.1) is 0 Å². The molecule has 1 amide bonds. The molecule has 0 bridgehead atoms. The molecule has 0 saturated heterocycles. The van der Waals surface area contributed by atoms with Crippen LogP contribution < -0.4 is 10.6 Å². The van der Waals surface area contributed by atoms with Gasteiger partial charge in [-0.25, -0.2) is 9.97 Å². The van der Waals surface area contributed by atoms with Gasteiger partial charge in [0.2, 0.25) is 5.95 Å². The van der Waals surface area contributed by atoms with Crippen molar-refractivity contribution >= 4 is 23.2 Å². The fraction of sp³-hybridized carbons (Fsp3) is 0.261. The van der Waals surface area contributed by atoms with Crippen LogP contribution in [0.5, 0.6) is 0 Å². The highest BCUT2D eigenvalue weighted by molar-refractivity contribution is 6.03. The average molecular weight is 374 g/mol. The number of anilines is 3. The molecule has 0 saturated carbocycles. The zero-order valence-electron chi connectivity index (χ0n) is 17.0. The average Bonchev–Trinajstić information content (AvgIpc) is 2.63. The van der Waals surface area contributed by atoms with Gasteiger partial charge in [-0.05, 0) is 49.1 Å². The highest BCUT2D eigenvalue weighted by Gasteiger charge is 2.19. The van der Waals surface area contributed by atoms with Crippen LogP contribution in [0.25, 0.3) is 0 Å². The number of nitrogens with zero attached hydrogens (tertiary/aromatic N) is 2. The highest BCUT2D eigenvalue weighted by Crippen LogP contribution is 2.29.